The first-order chi connectivity index (χ1) is 11.5. The first kappa shape index (κ1) is 15.9. The number of carbonyl (C=O) groups excluding carboxylic acids is 1. The summed E-state index contributed by atoms with van der Waals surface area (Å²) in [6.07, 6.45) is 0. The summed E-state index contributed by atoms with van der Waals surface area (Å²) >= 11 is 6.28. The molecule has 0 unspecified atom stereocenters. The Balaban J connectivity index is 2.07. The average Bonchev–Trinajstić information content (AvgIpc) is 2.97. The van der Waals surface area contributed by atoms with Crippen molar-refractivity contribution in [1.29, 1.82) is 0 Å². The van der Waals surface area contributed by atoms with Crippen LogP contribution in [0.25, 0.3) is 11.1 Å². The van der Waals surface area contributed by atoms with Crippen molar-refractivity contribution in [3.05, 3.63) is 57.3 Å². The molecule has 0 spiro atoms. The van der Waals surface area contributed by atoms with Crippen LogP contribution >= 0.6 is 11.6 Å². The number of rotatable bonds is 3. The van der Waals surface area contributed by atoms with E-state index < -0.39 is 11.5 Å². The molecule has 1 amide bonds. The van der Waals surface area contributed by atoms with Gasteiger partial charge in [-0.25, -0.2) is 4.68 Å². The van der Waals surface area contributed by atoms with Crippen molar-refractivity contribution in [3.63, 3.8) is 0 Å². The fraction of sp³-hybridized carbons (Fsp3) is 0.133. The highest BCUT2D eigenvalue weighted by Gasteiger charge is 2.22. The van der Waals surface area contributed by atoms with E-state index in [1.165, 1.54) is 7.05 Å². The SMILES string of the molecule is Cc1nnc(NC(=O)c2nn(C)c(=O)c(-c3ccccc3)c2Cl)o1. The fourth-order valence-electron chi connectivity index (χ4n) is 2.12. The monoisotopic (exact) mass is 345 g/mol. The number of anilines is 1. The number of aromatic nitrogens is 4. The van der Waals surface area contributed by atoms with Gasteiger partial charge >= 0.3 is 6.01 Å². The van der Waals surface area contributed by atoms with Crippen LogP contribution in [-0.4, -0.2) is 25.9 Å². The van der Waals surface area contributed by atoms with Crippen molar-refractivity contribution in [3.8, 4) is 11.1 Å². The maximum absolute atomic E-state index is 12.4. The molecule has 8 nitrogen and oxygen atoms in total. The summed E-state index contributed by atoms with van der Waals surface area (Å²) in [6.45, 7) is 1.59. The second-order valence-corrected chi connectivity index (χ2v) is 5.29. The lowest BCUT2D eigenvalue weighted by Crippen LogP contribution is -2.27. The summed E-state index contributed by atoms with van der Waals surface area (Å²) in [7, 11) is 1.44. The molecule has 0 aliphatic carbocycles. The lowest BCUT2D eigenvalue weighted by Gasteiger charge is -2.10. The van der Waals surface area contributed by atoms with Crippen LogP contribution in [0.5, 0.6) is 0 Å². The van der Waals surface area contributed by atoms with Crippen molar-refractivity contribution in [2.24, 2.45) is 7.05 Å². The van der Waals surface area contributed by atoms with Crippen LogP contribution in [0.4, 0.5) is 6.01 Å². The Morgan fingerprint density at radius 1 is 1.25 bits per heavy atom. The summed E-state index contributed by atoms with van der Waals surface area (Å²) in [4.78, 5) is 24.8. The third-order valence-electron chi connectivity index (χ3n) is 3.21. The Labute approximate surface area is 141 Å². The van der Waals surface area contributed by atoms with E-state index >= 15 is 0 Å². The second-order valence-electron chi connectivity index (χ2n) is 4.91. The van der Waals surface area contributed by atoms with E-state index in [1.54, 1.807) is 31.2 Å². The zero-order chi connectivity index (χ0) is 17.3. The Bertz CT molecular complexity index is 965. The highest BCUT2D eigenvalue weighted by atomic mass is 35.5. The summed E-state index contributed by atoms with van der Waals surface area (Å²) in [5.41, 5.74) is 0.264. The van der Waals surface area contributed by atoms with Crippen molar-refractivity contribution in [2.45, 2.75) is 6.92 Å². The van der Waals surface area contributed by atoms with Crippen LogP contribution in [0.3, 0.4) is 0 Å². The second kappa shape index (κ2) is 6.25. The van der Waals surface area contributed by atoms with E-state index in [0.29, 0.717) is 11.5 Å². The van der Waals surface area contributed by atoms with Crippen LogP contribution < -0.4 is 10.9 Å². The number of hydrogen-bond acceptors (Lipinski definition) is 6. The molecule has 0 aliphatic rings. The van der Waals surface area contributed by atoms with Gasteiger partial charge in [0.05, 0.1) is 10.6 Å². The minimum absolute atomic E-state index is 0.0435. The van der Waals surface area contributed by atoms with E-state index in [4.69, 9.17) is 16.0 Å². The van der Waals surface area contributed by atoms with Gasteiger partial charge in [-0.15, -0.1) is 5.10 Å². The first-order valence-corrected chi connectivity index (χ1v) is 7.29. The molecule has 9 heteroatoms. The molecule has 0 saturated carbocycles. The lowest BCUT2D eigenvalue weighted by molar-refractivity contribution is 0.101. The van der Waals surface area contributed by atoms with Gasteiger partial charge in [0, 0.05) is 14.0 Å². The van der Waals surface area contributed by atoms with Gasteiger partial charge in [-0.1, -0.05) is 47.0 Å². The number of benzene rings is 1. The summed E-state index contributed by atoms with van der Waals surface area (Å²) in [6, 6.07) is 8.73. The molecule has 1 aromatic carbocycles. The molecular formula is C15H12ClN5O3. The zero-order valence-corrected chi connectivity index (χ0v) is 13.5. The van der Waals surface area contributed by atoms with E-state index in [2.05, 4.69) is 20.6 Å². The number of halogens is 1. The normalized spacial score (nSPS) is 10.6. The highest BCUT2D eigenvalue weighted by Crippen LogP contribution is 2.26. The first-order valence-electron chi connectivity index (χ1n) is 6.91. The number of hydrogen-bond donors (Lipinski definition) is 1. The predicted octanol–water partition coefficient (Wildman–Crippen LogP) is 2.04. The molecule has 0 radical (unpaired) electrons. The average molecular weight is 346 g/mol. The maximum atomic E-state index is 12.4. The van der Waals surface area contributed by atoms with Gasteiger partial charge in [0.1, 0.15) is 0 Å². The van der Waals surface area contributed by atoms with Crippen molar-refractivity contribution in [1.82, 2.24) is 20.0 Å². The minimum Gasteiger partial charge on any atom is -0.408 e. The van der Waals surface area contributed by atoms with Crippen molar-refractivity contribution in [2.75, 3.05) is 5.32 Å². The van der Waals surface area contributed by atoms with Crippen molar-refractivity contribution < 1.29 is 9.21 Å². The van der Waals surface area contributed by atoms with Gasteiger partial charge < -0.3 is 4.42 Å². The quantitative estimate of drug-likeness (QED) is 0.779. The molecule has 2 aromatic heterocycles. The number of amides is 1. The molecule has 2 heterocycles. The summed E-state index contributed by atoms with van der Waals surface area (Å²) in [5, 5.41) is 13.6. The molecule has 3 rings (SSSR count). The smallest absolute Gasteiger partial charge is 0.322 e. The number of nitrogens with one attached hydrogen (secondary N) is 1. The van der Waals surface area contributed by atoms with Gasteiger partial charge in [-0.3, -0.25) is 14.9 Å². The standard InChI is InChI=1S/C15H12ClN5O3/c1-8-18-19-15(24-8)17-13(22)12-11(16)10(14(23)21(2)20-12)9-6-4-3-5-7-9/h3-7H,1-2H3,(H,17,19,22). The van der Waals surface area contributed by atoms with Crippen LogP contribution in [0.2, 0.25) is 5.02 Å². The molecule has 122 valence electrons. The van der Waals surface area contributed by atoms with E-state index in [9.17, 15) is 9.59 Å². The molecule has 3 aromatic rings. The minimum atomic E-state index is -0.656. The molecule has 0 aliphatic heterocycles. The van der Waals surface area contributed by atoms with Crippen LogP contribution in [0, 0.1) is 6.92 Å². The molecule has 0 fully saturated rings. The van der Waals surface area contributed by atoms with Gasteiger partial charge in [0.25, 0.3) is 11.5 Å². The Morgan fingerprint density at radius 2 is 1.96 bits per heavy atom. The third-order valence-corrected chi connectivity index (χ3v) is 3.58. The number of nitrogens with zero attached hydrogens (tertiary/aromatic N) is 4. The molecule has 0 atom stereocenters. The molecule has 0 saturated heterocycles. The maximum Gasteiger partial charge on any atom is 0.322 e. The Kier molecular flexibility index (Phi) is 4.13. The lowest BCUT2D eigenvalue weighted by atomic mass is 10.1. The Hall–Kier alpha value is -3.00. The number of aryl methyl sites for hydroxylation is 2. The van der Waals surface area contributed by atoms with Crippen LogP contribution in [0.1, 0.15) is 16.4 Å². The fourth-order valence-corrected chi connectivity index (χ4v) is 2.43. The van der Waals surface area contributed by atoms with Gasteiger partial charge in [0.2, 0.25) is 5.89 Å². The van der Waals surface area contributed by atoms with E-state index in [1.807, 2.05) is 6.07 Å². The van der Waals surface area contributed by atoms with Crippen LogP contribution in [-0.2, 0) is 7.05 Å². The largest absolute Gasteiger partial charge is 0.408 e. The molecule has 24 heavy (non-hydrogen) atoms. The Morgan fingerprint density at radius 3 is 2.58 bits per heavy atom. The third kappa shape index (κ3) is 2.91. The zero-order valence-electron chi connectivity index (χ0n) is 12.8. The number of carbonyl (C=O) groups is 1. The van der Waals surface area contributed by atoms with Crippen molar-refractivity contribution >= 4 is 23.5 Å². The van der Waals surface area contributed by atoms with E-state index in [0.717, 1.165) is 4.68 Å². The van der Waals surface area contributed by atoms with Gasteiger partial charge in [-0.05, 0) is 5.56 Å². The summed E-state index contributed by atoms with van der Waals surface area (Å²) in [5.74, 6) is -0.355. The molecular weight excluding hydrogens is 334 g/mol. The van der Waals surface area contributed by atoms with Gasteiger partial charge in [0.15, 0.2) is 5.69 Å². The topological polar surface area (TPSA) is 103 Å². The summed E-state index contributed by atoms with van der Waals surface area (Å²) < 4.78 is 6.15. The van der Waals surface area contributed by atoms with Crippen LogP contribution in [0.15, 0.2) is 39.5 Å². The highest BCUT2D eigenvalue weighted by molar-refractivity contribution is 6.36. The van der Waals surface area contributed by atoms with E-state index in [-0.39, 0.29) is 22.3 Å². The predicted molar refractivity (Wildman–Crippen MR) is 86.9 cm³/mol. The molecule has 1 N–H and O–H groups in total. The molecule has 0 bridgehead atoms. The van der Waals surface area contributed by atoms with Gasteiger partial charge in [-0.2, -0.15) is 5.10 Å².